The van der Waals surface area contributed by atoms with Crippen LogP contribution in [0, 0.1) is 5.82 Å². The maximum absolute atomic E-state index is 14.1. The predicted octanol–water partition coefficient (Wildman–Crippen LogP) is 4.88. The van der Waals surface area contributed by atoms with Gasteiger partial charge >= 0.3 is 0 Å². The Morgan fingerprint density at radius 1 is 1.28 bits per heavy atom. The van der Waals surface area contributed by atoms with E-state index in [1.165, 1.54) is 18.1 Å². The molecule has 0 bridgehead atoms. The summed E-state index contributed by atoms with van der Waals surface area (Å²) >= 11 is 10.4. The molecule has 1 heterocycles. The molecule has 0 aliphatic heterocycles. The topological polar surface area (TPSA) is 25.8 Å². The molecule has 0 fully saturated rings. The third-order valence-corrected chi connectivity index (χ3v) is 3.86. The van der Waals surface area contributed by atoms with Crippen molar-refractivity contribution in [3.8, 4) is 0 Å². The Morgan fingerprint density at radius 2 is 1.94 bits per heavy atom. The van der Waals surface area contributed by atoms with Crippen molar-refractivity contribution in [3.63, 3.8) is 0 Å². The highest BCUT2D eigenvalue weighted by Gasteiger charge is 2.15. The van der Waals surface area contributed by atoms with E-state index in [2.05, 4.69) is 25.9 Å². The van der Waals surface area contributed by atoms with Gasteiger partial charge in [-0.3, -0.25) is 0 Å². The van der Waals surface area contributed by atoms with Gasteiger partial charge in [-0.15, -0.1) is 0 Å². The van der Waals surface area contributed by atoms with Crippen molar-refractivity contribution in [2.24, 2.45) is 0 Å². The van der Waals surface area contributed by atoms with Crippen LogP contribution in [0.25, 0.3) is 0 Å². The monoisotopic (exact) mass is 346 g/mol. The molecule has 0 saturated carbocycles. The number of alkyl halides is 1. The second kappa shape index (κ2) is 5.99. The molecule has 0 radical (unpaired) electrons. The number of benzene rings is 1. The second-order valence-electron chi connectivity index (χ2n) is 3.55. The van der Waals surface area contributed by atoms with Crippen molar-refractivity contribution in [2.45, 2.75) is 21.7 Å². The lowest BCUT2D eigenvalue weighted by molar-refractivity contribution is 0.559. The maximum atomic E-state index is 14.1. The van der Waals surface area contributed by atoms with Crippen LogP contribution in [-0.4, -0.2) is 9.97 Å². The lowest BCUT2D eigenvalue weighted by atomic mass is 10.3. The van der Waals surface area contributed by atoms with Gasteiger partial charge in [0.15, 0.2) is 5.82 Å². The standard InChI is InChI=1S/C12H9BrClFN2S/c1-7(13)11-10(15)12(17-6-16-11)18-9-4-2-8(14)3-5-9/h2-7H,1H3. The summed E-state index contributed by atoms with van der Waals surface area (Å²) < 4.78 is 14.1. The number of rotatable bonds is 3. The Balaban J connectivity index is 2.29. The summed E-state index contributed by atoms with van der Waals surface area (Å²) in [5.74, 6) is -0.387. The average molecular weight is 348 g/mol. The van der Waals surface area contributed by atoms with Gasteiger partial charge in [0.25, 0.3) is 0 Å². The van der Waals surface area contributed by atoms with E-state index in [1.807, 2.05) is 19.1 Å². The van der Waals surface area contributed by atoms with Gasteiger partial charge < -0.3 is 0 Å². The summed E-state index contributed by atoms with van der Waals surface area (Å²) in [7, 11) is 0. The van der Waals surface area contributed by atoms with Crippen LogP contribution in [0.4, 0.5) is 4.39 Å². The number of hydrogen-bond donors (Lipinski definition) is 0. The molecule has 6 heteroatoms. The number of hydrogen-bond acceptors (Lipinski definition) is 3. The molecular weight excluding hydrogens is 339 g/mol. The normalized spacial score (nSPS) is 12.4. The van der Waals surface area contributed by atoms with E-state index in [4.69, 9.17) is 11.6 Å². The summed E-state index contributed by atoms with van der Waals surface area (Å²) in [4.78, 5) is 8.62. The molecule has 0 amide bonds. The van der Waals surface area contributed by atoms with Crippen molar-refractivity contribution in [3.05, 3.63) is 47.1 Å². The number of aromatic nitrogens is 2. The first kappa shape index (κ1) is 13.8. The first-order chi connectivity index (χ1) is 8.58. The van der Waals surface area contributed by atoms with E-state index in [0.717, 1.165) is 4.90 Å². The Morgan fingerprint density at radius 3 is 2.56 bits per heavy atom. The zero-order valence-corrected chi connectivity index (χ0v) is 12.6. The van der Waals surface area contributed by atoms with Gasteiger partial charge in [-0.1, -0.05) is 39.3 Å². The highest BCUT2D eigenvalue weighted by Crippen LogP contribution is 2.32. The molecule has 2 rings (SSSR count). The van der Waals surface area contributed by atoms with Crippen LogP contribution in [0.5, 0.6) is 0 Å². The molecule has 0 aliphatic carbocycles. The lowest BCUT2D eigenvalue weighted by Gasteiger charge is -2.07. The fourth-order valence-electron chi connectivity index (χ4n) is 1.33. The molecule has 1 unspecified atom stereocenters. The van der Waals surface area contributed by atoms with Crippen LogP contribution in [0.15, 0.2) is 40.5 Å². The first-order valence-corrected chi connectivity index (χ1v) is 7.27. The van der Waals surface area contributed by atoms with Crippen molar-refractivity contribution in [2.75, 3.05) is 0 Å². The third-order valence-electron chi connectivity index (χ3n) is 2.19. The Kier molecular flexibility index (Phi) is 4.59. The van der Waals surface area contributed by atoms with Crippen molar-refractivity contribution in [1.29, 1.82) is 0 Å². The molecule has 18 heavy (non-hydrogen) atoms. The fraction of sp³-hybridized carbons (Fsp3) is 0.167. The van der Waals surface area contributed by atoms with Crippen LogP contribution < -0.4 is 0 Å². The van der Waals surface area contributed by atoms with Crippen LogP contribution >= 0.6 is 39.3 Å². The molecule has 2 aromatic rings. The fourth-order valence-corrected chi connectivity index (χ4v) is 2.56. The minimum atomic E-state index is -0.387. The molecule has 0 N–H and O–H groups in total. The number of halogens is 3. The van der Waals surface area contributed by atoms with E-state index in [9.17, 15) is 4.39 Å². The van der Waals surface area contributed by atoms with Gasteiger partial charge in [-0.25, -0.2) is 14.4 Å². The van der Waals surface area contributed by atoms with Crippen molar-refractivity contribution in [1.82, 2.24) is 9.97 Å². The predicted molar refractivity (Wildman–Crippen MR) is 74.9 cm³/mol. The molecule has 0 aliphatic rings. The molecule has 0 saturated heterocycles. The van der Waals surface area contributed by atoms with E-state index in [0.29, 0.717) is 15.7 Å². The summed E-state index contributed by atoms with van der Waals surface area (Å²) in [6.07, 6.45) is 1.37. The Hall–Kier alpha value is -0.650. The van der Waals surface area contributed by atoms with E-state index < -0.39 is 0 Å². The summed E-state index contributed by atoms with van der Waals surface area (Å²) in [5.41, 5.74) is 0.362. The average Bonchev–Trinajstić information content (AvgIpc) is 2.34. The minimum Gasteiger partial charge on any atom is -0.237 e. The van der Waals surface area contributed by atoms with Crippen LogP contribution in [-0.2, 0) is 0 Å². The first-order valence-electron chi connectivity index (χ1n) is 5.16. The van der Waals surface area contributed by atoms with Gasteiger partial charge in [0.1, 0.15) is 11.4 Å². The molecule has 1 aromatic carbocycles. The van der Waals surface area contributed by atoms with E-state index in [-0.39, 0.29) is 10.6 Å². The molecule has 94 valence electrons. The van der Waals surface area contributed by atoms with Gasteiger partial charge in [-0.05, 0) is 31.2 Å². The molecule has 2 nitrogen and oxygen atoms in total. The third kappa shape index (κ3) is 3.22. The van der Waals surface area contributed by atoms with Crippen molar-refractivity contribution >= 4 is 39.3 Å². The zero-order chi connectivity index (χ0) is 13.1. The Bertz CT molecular complexity index is 548. The molecule has 1 atom stereocenters. The molecule has 0 spiro atoms. The lowest BCUT2D eigenvalue weighted by Crippen LogP contribution is -1.99. The van der Waals surface area contributed by atoms with Crippen molar-refractivity contribution < 1.29 is 4.39 Å². The largest absolute Gasteiger partial charge is 0.237 e. The van der Waals surface area contributed by atoms with Crippen LogP contribution in [0.2, 0.25) is 5.02 Å². The van der Waals surface area contributed by atoms with E-state index in [1.54, 1.807) is 12.1 Å². The van der Waals surface area contributed by atoms with Gasteiger partial charge in [-0.2, -0.15) is 0 Å². The smallest absolute Gasteiger partial charge is 0.178 e. The van der Waals surface area contributed by atoms with Gasteiger partial charge in [0.2, 0.25) is 0 Å². The summed E-state index contributed by atoms with van der Waals surface area (Å²) in [6.45, 7) is 1.82. The SMILES string of the molecule is CC(Br)c1ncnc(Sc2ccc(Cl)cc2)c1F. The summed E-state index contributed by atoms with van der Waals surface area (Å²) in [6, 6.07) is 7.17. The zero-order valence-electron chi connectivity index (χ0n) is 9.40. The number of nitrogens with zero attached hydrogens (tertiary/aromatic N) is 2. The van der Waals surface area contributed by atoms with Crippen LogP contribution in [0.1, 0.15) is 17.4 Å². The minimum absolute atomic E-state index is 0.148. The maximum Gasteiger partial charge on any atom is 0.178 e. The van der Waals surface area contributed by atoms with Gasteiger partial charge in [0.05, 0.1) is 10.5 Å². The Labute approximate surface area is 122 Å². The summed E-state index contributed by atoms with van der Waals surface area (Å²) in [5, 5.41) is 0.964. The molecule has 1 aromatic heterocycles. The quantitative estimate of drug-likeness (QED) is 0.585. The highest BCUT2D eigenvalue weighted by molar-refractivity contribution is 9.09. The van der Waals surface area contributed by atoms with E-state index >= 15 is 0 Å². The molecular formula is C12H9BrClFN2S. The van der Waals surface area contributed by atoms with Gasteiger partial charge in [0, 0.05) is 9.92 Å². The second-order valence-corrected chi connectivity index (χ2v) is 6.42. The highest BCUT2D eigenvalue weighted by atomic mass is 79.9. The van der Waals surface area contributed by atoms with Crippen LogP contribution in [0.3, 0.4) is 0 Å².